The topological polar surface area (TPSA) is 61.0 Å². The van der Waals surface area contributed by atoms with Crippen LogP contribution in [0.5, 0.6) is 5.75 Å². The van der Waals surface area contributed by atoms with Crippen molar-refractivity contribution in [2.75, 3.05) is 12.3 Å². The van der Waals surface area contributed by atoms with Crippen LogP contribution in [0, 0.1) is 0 Å². The molecule has 19 heavy (non-hydrogen) atoms. The van der Waals surface area contributed by atoms with Gasteiger partial charge in [0.15, 0.2) is 5.82 Å². The first-order valence-corrected chi connectivity index (χ1v) is 6.59. The second-order valence-corrected chi connectivity index (χ2v) is 4.33. The lowest BCUT2D eigenvalue weighted by Gasteiger charge is -2.07. The summed E-state index contributed by atoms with van der Waals surface area (Å²) < 4.78 is 5.55. The molecule has 1 aromatic heterocycles. The molecule has 0 spiro atoms. The molecule has 1 heterocycles. The predicted octanol–water partition coefficient (Wildman–Crippen LogP) is 3.08. The first-order chi connectivity index (χ1) is 9.22. The molecule has 2 N–H and O–H groups in total. The zero-order valence-corrected chi connectivity index (χ0v) is 11.4. The highest BCUT2D eigenvalue weighted by Crippen LogP contribution is 2.20. The van der Waals surface area contributed by atoms with Gasteiger partial charge in [0, 0.05) is 17.3 Å². The van der Waals surface area contributed by atoms with E-state index in [1.807, 2.05) is 37.3 Å². The quantitative estimate of drug-likeness (QED) is 0.894. The lowest BCUT2D eigenvalue weighted by molar-refractivity contribution is 0.317. The van der Waals surface area contributed by atoms with E-state index in [9.17, 15) is 0 Å². The lowest BCUT2D eigenvalue weighted by atomic mass is 10.2. The van der Waals surface area contributed by atoms with Gasteiger partial charge in [-0.2, -0.15) is 0 Å². The number of nitrogens with zero attached hydrogens (tertiary/aromatic N) is 2. The summed E-state index contributed by atoms with van der Waals surface area (Å²) in [5.41, 5.74) is 7.69. The van der Waals surface area contributed by atoms with E-state index >= 15 is 0 Å². The molecule has 0 amide bonds. The first-order valence-electron chi connectivity index (χ1n) is 6.59. The molecule has 4 nitrogen and oxygen atoms in total. The van der Waals surface area contributed by atoms with Gasteiger partial charge in [-0.1, -0.05) is 13.8 Å². The zero-order chi connectivity index (χ0) is 13.7. The maximum atomic E-state index is 5.79. The van der Waals surface area contributed by atoms with E-state index in [1.54, 1.807) is 0 Å². The van der Waals surface area contributed by atoms with Crippen molar-refractivity contribution >= 4 is 5.82 Å². The number of hydrogen-bond acceptors (Lipinski definition) is 4. The minimum Gasteiger partial charge on any atom is -0.494 e. The number of ether oxygens (including phenoxy) is 1. The van der Waals surface area contributed by atoms with Crippen LogP contribution in [-0.4, -0.2) is 16.6 Å². The summed E-state index contributed by atoms with van der Waals surface area (Å²) in [6, 6.07) is 9.59. The van der Waals surface area contributed by atoms with Gasteiger partial charge in [-0.25, -0.2) is 9.97 Å². The van der Waals surface area contributed by atoms with Crippen LogP contribution in [0.4, 0.5) is 5.82 Å². The van der Waals surface area contributed by atoms with Gasteiger partial charge in [0.1, 0.15) is 11.6 Å². The molecule has 0 saturated carbocycles. The first kappa shape index (κ1) is 13.3. The third kappa shape index (κ3) is 3.44. The monoisotopic (exact) mass is 257 g/mol. The van der Waals surface area contributed by atoms with Gasteiger partial charge >= 0.3 is 0 Å². The largest absolute Gasteiger partial charge is 0.494 e. The van der Waals surface area contributed by atoms with Crippen molar-refractivity contribution in [2.24, 2.45) is 0 Å². The zero-order valence-electron chi connectivity index (χ0n) is 11.4. The normalized spacial score (nSPS) is 10.4. The Morgan fingerprint density at radius 2 is 1.84 bits per heavy atom. The van der Waals surface area contributed by atoms with Crippen LogP contribution in [0.3, 0.4) is 0 Å². The average Bonchev–Trinajstić information content (AvgIpc) is 2.45. The maximum Gasteiger partial charge on any atom is 0.161 e. The van der Waals surface area contributed by atoms with Crippen LogP contribution < -0.4 is 10.5 Å². The van der Waals surface area contributed by atoms with E-state index < -0.39 is 0 Å². The van der Waals surface area contributed by atoms with Crippen LogP contribution in [0.2, 0.25) is 0 Å². The summed E-state index contributed by atoms with van der Waals surface area (Å²) in [6.07, 6.45) is 1.84. The highest BCUT2D eigenvalue weighted by molar-refractivity contribution is 5.58. The minimum absolute atomic E-state index is 0.508. The highest BCUT2D eigenvalue weighted by Gasteiger charge is 2.05. The molecule has 0 bridgehead atoms. The summed E-state index contributed by atoms with van der Waals surface area (Å²) in [5, 5.41) is 0. The van der Waals surface area contributed by atoms with Crippen molar-refractivity contribution in [3.63, 3.8) is 0 Å². The molecular formula is C15H19N3O. The summed E-state index contributed by atoms with van der Waals surface area (Å²) in [5.74, 6) is 2.04. The Balaban J connectivity index is 2.24. The van der Waals surface area contributed by atoms with Gasteiger partial charge < -0.3 is 10.5 Å². The molecule has 2 rings (SSSR count). The predicted molar refractivity (Wildman–Crippen MR) is 77.0 cm³/mol. The Bertz CT molecular complexity index is 538. The third-order valence-corrected chi connectivity index (χ3v) is 2.75. The number of rotatable bonds is 5. The average molecular weight is 257 g/mol. The Morgan fingerprint density at radius 1 is 1.11 bits per heavy atom. The van der Waals surface area contributed by atoms with E-state index in [0.29, 0.717) is 11.6 Å². The number of hydrogen-bond donors (Lipinski definition) is 1. The SMILES string of the molecule is CCCOc1ccc(-c2nc(N)cc(CC)n2)cc1. The fourth-order valence-corrected chi connectivity index (χ4v) is 1.75. The molecule has 0 aliphatic rings. The molecule has 0 radical (unpaired) electrons. The molecule has 2 aromatic rings. The number of benzene rings is 1. The summed E-state index contributed by atoms with van der Waals surface area (Å²) >= 11 is 0. The molecule has 4 heteroatoms. The van der Waals surface area contributed by atoms with Crippen molar-refractivity contribution < 1.29 is 4.74 Å². The second-order valence-electron chi connectivity index (χ2n) is 4.33. The van der Waals surface area contributed by atoms with E-state index in [4.69, 9.17) is 10.5 Å². The summed E-state index contributed by atoms with van der Waals surface area (Å²) in [6.45, 7) is 4.86. The molecule has 0 unspecified atom stereocenters. The second kappa shape index (κ2) is 6.18. The highest BCUT2D eigenvalue weighted by atomic mass is 16.5. The summed E-state index contributed by atoms with van der Waals surface area (Å²) in [4.78, 5) is 8.75. The van der Waals surface area contributed by atoms with Gasteiger partial charge in [-0.05, 0) is 37.1 Å². The van der Waals surface area contributed by atoms with Gasteiger partial charge in [0.2, 0.25) is 0 Å². The molecule has 1 aromatic carbocycles. The van der Waals surface area contributed by atoms with Crippen LogP contribution in [0.1, 0.15) is 26.0 Å². The molecule has 0 aliphatic carbocycles. The van der Waals surface area contributed by atoms with E-state index in [-0.39, 0.29) is 0 Å². The summed E-state index contributed by atoms with van der Waals surface area (Å²) in [7, 11) is 0. The fraction of sp³-hybridized carbons (Fsp3) is 0.333. The van der Waals surface area contributed by atoms with Crippen LogP contribution in [-0.2, 0) is 6.42 Å². The standard InChI is InChI=1S/C15H19N3O/c1-3-9-19-13-7-5-11(6-8-13)15-17-12(4-2)10-14(16)18-15/h5-8,10H,3-4,9H2,1-2H3,(H2,16,17,18). The number of nitrogens with two attached hydrogens (primary N) is 1. The van der Waals surface area contributed by atoms with E-state index in [2.05, 4.69) is 16.9 Å². The van der Waals surface area contributed by atoms with E-state index in [1.165, 1.54) is 0 Å². The minimum atomic E-state index is 0.508. The number of anilines is 1. The Labute approximate surface area is 113 Å². The van der Waals surface area contributed by atoms with Gasteiger partial charge in [0.05, 0.1) is 6.61 Å². The molecular weight excluding hydrogens is 238 g/mol. The Hall–Kier alpha value is -2.10. The number of nitrogen functional groups attached to an aromatic ring is 1. The third-order valence-electron chi connectivity index (χ3n) is 2.75. The molecule has 0 fully saturated rings. The molecule has 0 saturated heterocycles. The van der Waals surface area contributed by atoms with Crippen molar-refractivity contribution in [1.82, 2.24) is 9.97 Å². The number of aryl methyl sites for hydroxylation is 1. The van der Waals surface area contributed by atoms with Gasteiger partial charge in [0.25, 0.3) is 0 Å². The molecule has 0 aliphatic heterocycles. The van der Waals surface area contributed by atoms with Crippen LogP contribution in [0.15, 0.2) is 30.3 Å². The lowest BCUT2D eigenvalue weighted by Crippen LogP contribution is -2.00. The Morgan fingerprint density at radius 3 is 2.47 bits per heavy atom. The van der Waals surface area contributed by atoms with Crippen LogP contribution in [0.25, 0.3) is 11.4 Å². The van der Waals surface area contributed by atoms with Crippen molar-refractivity contribution in [3.8, 4) is 17.1 Å². The smallest absolute Gasteiger partial charge is 0.161 e. The van der Waals surface area contributed by atoms with Crippen molar-refractivity contribution in [1.29, 1.82) is 0 Å². The van der Waals surface area contributed by atoms with E-state index in [0.717, 1.165) is 36.5 Å². The van der Waals surface area contributed by atoms with Crippen molar-refractivity contribution in [3.05, 3.63) is 36.0 Å². The Kier molecular flexibility index (Phi) is 4.34. The fourth-order valence-electron chi connectivity index (χ4n) is 1.75. The maximum absolute atomic E-state index is 5.79. The molecule has 100 valence electrons. The van der Waals surface area contributed by atoms with Gasteiger partial charge in [-0.3, -0.25) is 0 Å². The van der Waals surface area contributed by atoms with Crippen LogP contribution >= 0.6 is 0 Å². The van der Waals surface area contributed by atoms with Crippen molar-refractivity contribution in [2.45, 2.75) is 26.7 Å². The van der Waals surface area contributed by atoms with Gasteiger partial charge in [-0.15, -0.1) is 0 Å². The molecule has 0 atom stereocenters. The number of aromatic nitrogens is 2.